The minimum atomic E-state index is -0.674. The highest BCUT2D eigenvalue weighted by Gasteiger charge is 2.34. The molecule has 2 fully saturated rings. The quantitative estimate of drug-likeness (QED) is 0.797. The standard InChI is InChI=1S/C15H28N2O2/c1-12-10-16(2)14(9-15(18)19)11-17(12)13-7-5-3-4-6-8-13/h12-14H,3-11H2,1-2H3,(H,18,19). The first-order valence-electron chi connectivity index (χ1n) is 7.75. The van der Waals surface area contributed by atoms with Crippen LogP contribution >= 0.6 is 0 Å². The molecule has 0 radical (unpaired) electrons. The van der Waals surface area contributed by atoms with E-state index in [0.29, 0.717) is 12.1 Å². The second-order valence-electron chi connectivity index (χ2n) is 6.38. The highest BCUT2D eigenvalue weighted by Crippen LogP contribution is 2.27. The fourth-order valence-electron chi connectivity index (χ4n) is 3.75. The Hall–Kier alpha value is -0.610. The van der Waals surface area contributed by atoms with Crippen LogP contribution in [0.3, 0.4) is 0 Å². The fraction of sp³-hybridized carbons (Fsp3) is 0.933. The fourth-order valence-corrected chi connectivity index (χ4v) is 3.75. The Kier molecular flexibility index (Phi) is 5.22. The minimum absolute atomic E-state index is 0.178. The van der Waals surface area contributed by atoms with Gasteiger partial charge in [0.2, 0.25) is 0 Å². The molecule has 1 heterocycles. The Morgan fingerprint density at radius 3 is 2.37 bits per heavy atom. The molecule has 4 heteroatoms. The smallest absolute Gasteiger partial charge is 0.304 e. The summed E-state index contributed by atoms with van der Waals surface area (Å²) in [4.78, 5) is 15.8. The molecule has 1 N–H and O–H groups in total. The molecule has 0 aromatic rings. The van der Waals surface area contributed by atoms with Crippen molar-refractivity contribution < 1.29 is 9.90 Å². The van der Waals surface area contributed by atoms with Crippen molar-refractivity contribution in [2.24, 2.45) is 0 Å². The lowest BCUT2D eigenvalue weighted by Gasteiger charge is -2.47. The number of carbonyl (C=O) groups is 1. The third kappa shape index (κ3) is 3.93. The van der Waals surface area contributed by atoms with E-state index in [2.05, 4.69) is 23.8 Å². The zero-order valence-electron chi connectivity index (χ0n) is 12.3. The van der Waals surface area contributed by atoms with Crippen molar-refractivity contribution >= 4 is 5.97 Å². The Balaban J connectivity index is 1.99. The van der Waals surface area contributed by atoms with Crippen molar-refractivity contribution in [3.05, 3.63) is 0 Å². The van der Waals surface area contributed by atoms with Crippen LogP contribution in [0.25, 0.3) is 0 Å². The zero-order chi connectivity index (χ0) is 13.8. The van der Waals surface area contributed by atoms with Gasteiger partial charge in [-0.25, -0.2) is 0 Å². The van der Waals surface area contributed by atoms with Crippen molar-refractivity contribution in [1.29, 1.82) is 0 Å². The van der Waals surface area contributed by atoms with Crippen LogP contribution in [0.4, 0.5) is 0 Å². The second kappa shape index (κ2) is 6.71. The zero-order valence-corrected chi connectivity index (χ0v) is 12.3. The van der Waals surface area contributed by atoms with Crippen molar-refractivity contribution in [3.8, 4) is 0 Å². The SMILES string of the molecule is CC1CN(C)C(CC(=O)O)CN1C1CCCCCC1. The predicted octanol–water partition coefficient (Wildman–Crippen LogP) is 2.19. The molecule has 1 saturated heterocycles. The number of hydrogen-bond acceptors (Lipinski definition) is 3. The number of nitrogens with zero attached hydrogens (tertiary/aromatic N) is 2. The van der Waals surface area contributed by atoms with Gasteiger partial charge in [-0.15, -0.1) is 0 Å². The lowest BCUT2D eigenvalue weighted by Crippen LogP contribution is -2.59. The number of carboxylic acid groups (broad SMARTS) is 1. The van der Waals surface area contributed by atoms with Crippen molar-refractivity contribution in [2.75, 3.05) is 20.1 Å². The second-order valence-corrected chi connectivity index (χ2v) is 6.38. The lowest BCUT2D eigenvalue weighted by molar-refractivity contribution is -0.139. The molecule has 4 nitrogen and oxygen atoms in total. The summed E-state index contributed by atoms with van der Waals surface area (Å²) in [6.07, 6.45) is 8.29. The van der Waals surface area contributed by atoms with Gasteiger partial charge < -0.3 is 10.0 Å². The highest BCUT2D eigenvalue weighted by molar-refractivity contribution is 5.67. The van der Waals surface area contributed by atoms with Gasteiger partial charge in [-0.05, 0) is 26.8 Å². The Morgan fingerprint density at radius 1 is 1.16 bits per heavy atom. The third-order valence-corrected chi connectivity index (χ3v) is 4.87. The molecule has 2 aliphatic rings. The molecule has 19 heavy (non-hydrogen) atoms. The third-order valence-electron chi connectivity index (χ3n) is 4.87. The summed E-state index contributed by atoms with van der Waals surface area (Å²) in [6, 6.07) is 1.41. The number of hydrogen-bond donors (Lipinski definition) is 1. The molecular weight excluding hydrogens is 240 g/mol. The number of piperazine rings is 1. The average molecular weight is 268 g/mol. The van der Waals surface area contributed by atoms with Crippen LogP contribution in [0.2, 0.25) is 0 Å². The normalized spacial score (nSPS) is 32.1. The van der Waals surface area contributed by atoms with Gasteiger partial charge in [0, 0.05) is 31.2 Å². The van der Waals surface area contributed by atoms with E-state index in [0.717, 1.165) is 13.1 Å². The molecule has 2 unspecified atom stereocenters. The molecule has 0 aromatic carbocycles. The molecule has 0 amide bonds. The van der Waals surface area contributed by atoms with Crippen LogP contribution in [-0.2, 0) is 4.79 Å². The maximum atomic E-state index is 11.0. The predicted molar refractivity (Wildman–Crippen MR) is 76.3 cm³/mol. The van der Waals surface area contributed by atoms with Crippen molar-refractivity contribution in [3.63, 3.8) is 0 Å². The van der Waals surface area contributed by atoms with E-state index >= 15 is 0 Å². The van der Waals surface area contributed by atoms with Gasteiger partial charge in [-0.3, -0.25) is 9.69 Å². The summed E-state index contributed by atoms with van der Waals surface area (Å²) in [6.45, 7) is 4.21. The van der Waals surface area contributed by atoms with Crippen LogP contribution in [-0.4, -0.2) is 59.1 Å². The minimum Gasteiger partial charge on any atom is -0.481 e. The van der Waals surface area contributed by atoms with Gasteiger partial charge in [0.25, 0.3) is 0 Å². The van der Waals surface area contributed by atoms with Crippen LogP contribution in [0.5, 0.6) is 0 Å². The molecule has 2 atom stereocenters. The van der Waals surface area contributed by atoms with Gasteiger partial charge >= 0.3 is 5.97 Å². The van der Waals surface area contributed by atoms with Gasteiger partial charge in [-0.1, -0.05) is 25.7 Å². The maximum absolute atomic E-state index is 11.0. The van der Waals surface area contributed by atoms with E-state index in [1.807, 2.05) is 0 Å². The van der Waals surface area contributed by atoms with Crippen LogP contribution in [0, 0.1) is 0 Å². The van der Waals surface area contributed by atoms with Gasteiger partial charge in [0.15, 0.2) is 0 Å². The monoisotopic (exact) mass is 268 g/mol. The molecule has 110 valence electrons. The van der Waals surface area contributed by atoms with E-state index in [-0.39, 0.29) is 12.5 Å². The first-order valence-corrected chi connectivity index (χ1v) is 7.75. The molecule has 0 bridgehead atoms. The van der Waals surface area contributed by atoms with E-state index in [1.165, 1.54) is 38.5 Å². The van der Waals surface area contributed by atoms with E-state index in [1.54, 1.807) is 0 Å². The summed E-state index contributed by atoms with van der Waals surface area (Å²) in [7, 11) is 2.06. The number of likely N-dealkylation sites (N-methyl/N-ethyl adjacent to an activating group) is 1. The molecule has 0 spiro atoms. The topological polar surface area (TPSA) is 43.8 Å². The van der Waals surface area contributed by atoms with E-state index in [4.69, 9.17) is 5.11 Å². The van der Waals surface area contributed by atoms with Crippen LogP contribution in [0.15, 0.2) is 0 Å². The van der Waals surface area contributed by atoms with E-state index in [9.17, 15) is 4.79 Å². The summed E-state index contributed by atoms with van der Waals surface area (Å²) >= 11 is 0. The Morgan fingerprint density at radius 2 is 1.79 bits per heavy atom. The largest absolute Gasteiger partial charge is 0.481 e. The number of rotatable bonds is 3. The summed E-state index contributed by atoms with van der Waals surface area (Å²) < 4.78 is 0. The number of carboxylic acids is 1. The van der Waals surface area contributed by atoms with Gasteiger partial charge in [-0.2, -0.15) is 0 Å². The summed E-state index contributed by atoms with van der Waals surface area (Å²) in [5, 5.41) is 9.05. The first kappa shape index (κ1) is 14.8. The number of aliphatic carboxylic acids is 1. The molecule has 1 aliphatic carbocycles. The van der Waals surface area contributed by atoms with Crippen LogP contribution < -0.4 is 0 Å². The van der Waals surface area contributed by atoms with Crippen molar-refractivity contribution in [1.82, 2.24) is 9.80 Å². The summed E-state index contributed by atoms with van der Waals surface area (Å²) in [5.41, 5.74) is 0. The van der Waals surface area contributed by atoms with Crippen molar-refractivity contribution in [2.45, 2.75) is 70.0 Å². The molecular formula is C15H28N2O2. The first-order chi connectivity index (χ1) is 9.08. The van der Waals surface area contributed by atoms with E-state index < -0.39 is 5.97 Å². The van der Waals surface area contributed by atoms with Gasteiger partial charge in [0.1, 0.15) is 0 Å². The Bertz CT molecular complexity index is 301. The Labute approximate surface area is 116 Å². The lowest BCUT2D eigenvalue weighted by atomic mass is 9.99. The molecule has 1 saturated carbocycles. The molecule has 1 aliphatic heterocycles. The molecule has 0 aromatic heterocycles. The summed E-state index contributed by atoms with van der Waals surface area (Å²) in [5.74, 6) is -0.674. The van der Waals surface area contributed by atoms with Crippen LogP contribution in [0.1, 0.15) is 51.9 Å². The average Bonchev–Trinajstić information content (AvgIpc) is 2.61. The highest BCUT2D eigenvalue weighted by atomic mass is 16.4. The van der Waals surface area contributed by atoms with Gasteiger partial charge in [0.05, 0.1) is 6.42 Å². The molecule has 2 rings (SSSR count). The maximum Gasteiger partial charge on any atom is 0.304 e.